The van der Waals surface area contributed by atoms with E-state index in [0.29, 0.717) is 0 Å². The summed E-state index contributed by atoms with van der Waals surface area (Å²) in [6, 6.07) is 29.4. The number of ether oxygens (including phenoxy) is 4. The molecular weight excluding hydrogens is 616 g/mol. The van der Waals surface area contributed by atoms with Gasteiger partial charge in [-0.25, -0.2) is 14.4 Å². The van der Waals surface area contributed by atoms with Crippen LogP contribution in [-0.4, -0.2) is 68.7 Å². The van der Waals surface area contributed by atoms with Gasteiger partial charge in [-0.1, -0.05) is 72.3 Å². The van der Waals surface area contributed by atoms with Crippen LogP contribution in [0.3, 0.4) is 0 Å². The Morgan fingerprint density at radius 3 is 1.50 bits per heavy atom. The van der Waals surface area contributed by atoms with Crippen LogP contribution in [0.1, 0.15) is 36.6 Å². The van der Waals surface area contributed by atoms with Crippen LogP contribution in [0.5, 0.6) is 0 Å². The third-order valence-electron chi connectivity index (χ3n) is 7.06. The minimum atomic E-state index is -4.35. The number of aliphatic hydroxyl groups is 1. The molecule has 1 aliphatic rings. The van der Waals surface area contributed by atoms with Crippen molar-refractivity contribution in [3.63, 3.8) is 0 Å². The Kier molecular flexibility index (Phi) is 10.2. The average Bonchev–Trinajstić information content (AvgIpc) is 3.08. The fourth-order valence-corrected chi connectivity index (χ4v) is 5.58. The molecule has 1 unspecified atom stereocenters. The van der Waals surface area contributed by atoms with Crippen molar-refractivity contribution >= 4 is 28.0 Å². The van der Waals surface area contributed by atoms with Crippen LogP contribution in [0.15, 0.2) is 120 Å². The molecule has 1 saturated heterocycles. The molecule has 0 aliphatic carbocycles. The molecule has 0 radical (unpaired) electrons. The number of carbonyl (C=O) groups is 3. The van der Waals surface area contributed by atoms with Crippen LogP contribution in [-0.2, 0) is 33.2 Å². The lowest BCUT2D eigenvalue weighted by molar-refractivity contribution is -0.283. The lowest BCUT2D eigenvalue weighted by Crippen LogP contribution is -2.62. The van der Waals surface area contributed by atoms with Gasteiger partial charge in [0.05, 0.1) is 28.2 Å². The number of benzene rings is 4. The first-order valence-electron chi connectivity index (χ1n) is 14.2. The molecular formula is C34H30O11S. The van der Waals surface area contributed by atoms with Crippen LogP contribution in [0.2, 0.25) is 0 Å². The van der Waals surface area contributed by atoms with Crippen molar-refractivity contribution in [3.8, 4) is 0 Å². The van der Waals surface area contributed by atoms with Gasteiger partial charge in [-0.3, -0.25) is 4.18 Å². The molecule has 1 aliphatic heterocycles. The smallest absolute Gasteiger partial charge is 0.338 e. The van der Waals surface area contributed by atoms with E-state index in [1.807, 2.05) is 0 Å². The molecule has 0 bridgehead atoms. The lowest BCUT2D eigenvalue weighted by atomic mass is 9.98. The number of hydrogen-bond acceptors (Lipinski definition) is 11. The van der Waals surface area contributed by atoms with E-state index < -0.39 is 65.3 Å². The van der Waals surface area contributed by atoms with Gasteiger partial charge >= 0.3 is 17.9 Å². The Morgan fingerprint density at radius 1 is 0.630 bits per heavy atom. The Hall–Kier alpha value is -4.88. The van der Waals surface area contributed by atoms with E-state index in [9.17, 15) is 27.9 Å². The predicted octanol–water partition coefficient (Wildman–Crippen LogP) is 4.09. The molecule has 0 saturated carbocycles. The van der Waals surface area contributed by atoms with E-state index in [4.69, 9.17) is 23.1 Å². The molecule has 1 heterocycles. The molecule has 5 rings (SSSR count). The average molecular weight is 647 g/mol. The molecule has 11 nitrogen and oxygen atoms in total. The van der Waals surface area contributed by atoms with Gasteiger partial charge in [0.15, 0.2) is 24.6 Å². The first-order chi connectivity index (χ1) is 22.1. The van der Waals surface area contributed by atoms with Crippen molar-refractivity contribution < 1.29 is 51.0 Å². The molecule has 4 aromatic carbocycles. The third kappa shape index (κ3) is 7.85. The highest BCUT2D eigenvalue weighted by Crippen LogP contribution is 2.30. The van der Waals surface area contributed by atoms with E-state index >= 15 is 0 Å². The SMILES string of the molecule is Cc1ccc(S(=O)(=O)OC[C@H]2O[C@@H](O)[C@@H](OC(=O)c3ccccc3)[C@@H](OC(=O)c3ccccc3)C2OC(=O)c2ccccc2)cc1. The monoisotopic (exact) mass is 646 g/mol. The quantitative estimate of drug-likeness (QED) is 0.151. The largest absolute Gasteiger partial charge is 0.452 e. The van der Waals surface area contributed by atoms with Gasteiger partial charge in [0.2, 0.25) is 0 Å². The van der Waals surface area contributed by atoms with Gasteiger partial charge in [0.25, 0.3) is 10.1 Å². The summed E-state index contributed by atoms with van der Waals surface area (Å²) in [5.41, 5.74) is 1.17. The van der Waals surface area contributed by atoms with E-state index in [2.05, 4.69) is 0 Å². The zero-order valence-electron chi connectivity index (χ0n) is 24.5. The van der Waals surface area contributed by atoms with Crippen LogP contribution in [0.25, 0.3) is 0 Å². The minimum absolute atomic E-state index is 0.111. The minimum Gasteiger partial charge on any atom is -0.452 e. The van der Waals surface area contributed by atoms with Crippen molar-refractivity contribution in [2.24, 2.45) is 0 Å². The summed E-state index contributed by atoms with van der Waals surface area (Å²) in [4.78, 5) is 39.5. The predicted molar refractivity (Wildman–Crippen MR) is 162 cm³/mol. The second kappa shape index (κ2) is 14.5. The zero-order valence-corrected chi connectivity index (χ0v) is 25.3. The summed E-state index contributed by atoms with van der Waals surface area (Å²) < 4.78 is 54.1. The van der Waals surface area contributed by atoms with Gasteiger partial charge in [0.1, 0.15) is 6.10 Å². The topological polar surface area (TPSA) is 152 Å². The zero-order chi connectivity index (χ0) is 32.7. The van der Waals surface area contributed by atoms with Gasteiger partial charge < -0.3 is 24.1 Å². The summed E-state index contributed by atoms with van der Waals surface area (Å²) in [6.07, 6.45) is -8.47. The van der Waals surface area contributed by atoms with Gasteiger partial charge in [-0.05, 0) is 55.5 Å². The number of rotatable bonds is 10. The first kappa shape index (κ1) is 32.5. The molecule has 238 valence electrons. The van der Waals surface area contributed by atoms with Gasteiger partial charge in [-0.15, -0.1) is 0 Å². The molecule has 0 amide bonds. The highest BCUT2D eigenvalue weighted by Gasteiger charge is 2.52. The van der Waals surface area contributed by atoms with Crippen LogP contribution < -0.4 is 0 Å². The Balaban J connectivity index is 1.50. The highest BCUT2D eigenvalue weighted by atomic mass is 32.2. The van der Waals surface area contributed by atoms with E-state index in [1.165, 1.54) is 48.5 Å². The summed E-state index contributed by atoms with van der Waals surface area (Å²) in [7, 11) is -4.35. The molecule has 1 fully saturated rings. The maximum atomic E-state index is 13.3. The summed E-state index contributed by atoms with van der Waals surface area (Å²) >= 11 is 0. The Morgan fingerprint density at radius 2 is 1.04 bits per heavy atom. The van der Waals surface area contributed by atoms with Crippen molar-refractivity contribution in [3.05, 3.63) is 138 Å². The molecule has 5 atom stereocenters. The fourth-order valence-electron chi connectivity index (χ4n) is 4.66. The number of aliphatic hydroxyl groups excluding tert-OH is 1. The molecule has 1 N–H and O–H groups in total. The number of hydrogen-bond donors (Lipinski definition) is 1. The normalized spacial score (nSPS) is 21.1. The van der Waals surface area contributed by atoms with Crippen molar-refractivity contribution in [2.45, 2.75) is 42.5 Å². The van der Waals surface area contributed by atoms with E-state index in [1.54, 1.807) is 73.7 Å². The maximum Gasteiger partial charge on any atom is 0.338 e. The van der Waals surface area contributed by atoms with E-state index in [-0.39, 0.29) is 21.6 Å². The van der Waals surface area contributed by atoms with Gasteiger partial charge in [-0.2, -0.15) is 8.42 Å². The van der Waals surface area contributed by atoms with Crippen molar-refractivity contribution in [2.75, 3.05) is 6.61 Å². The van der Waals surface area contributed by atoms with Crippen LogP contribution in [0, 0.1) is 6.92 Å². The van der Waals surface area contributed by atoms with Crippen LogP contribution >= 0.6 is 0 Å². The first-order valence-corrected chi connectivity index (χ1v) is 15.6. The standard InChI is InChI=1S/C34H30O11S/c1-22-17-19-26(20-18-22)46(39,40)41-21-27-28(43-31(35)23-11-5-2-6-12-23)29(44-32(36)24-13-7-3-8-14-24)30(34(38)42-27)45-33(37)25-15-9-4-10-16-25/h2-20,27-30,34,38H,21H2,1H3/t27-,28?,29+,30+,34-/m1/s1. The molecule has 0 aromatic heterocycles. The summed E-state index contributed by atoms with van der Waals surface area (Å²) in [5.74, 6) is -2.67. The number of carbonyl (C=O) groups excluding carboxylic acids is 3. The van der Waals surface area contributed by atoms with Gasteiger partial charge in [0, 0.05) is 0 Å². The van der Waals surface area contributed by atoms with E-state index in [0.717, 1.165) is 5.56 Å². The third-order valence-corrected chi connectivity index (χ3v) is 8.36. The van der Waals surface area contributed by atoms with Crippen LogP contribution in [0.4, 0.5) is 0 Å². The Labute approximate surface area is 265 Å². The molecule has 0 spiro atoms. The second-order valence-corrected chi connectivity index (χ2v) is 11.9. The lowest BCUT2D eigenvalue weighted by Gasteiger charge is -2.42. The van der Waals surface area contributed by atoms with Crippen molar-refractivity contribution in [1.29, 1.82) is 0 Å². The molecule has 4 aromatic rings. The number of esters is 3. The highest BCUT2D eigenvalue weighted by molar-refractivity contribution is 7.86. The molecule has 46 heavy (non-hydrogen) atoms. The fraction of sp³-hybridized carbons (Fsp3) is 0.206. The molecule has 12 heteroatoms. The summed E-state index contributed by atoms with van der Waals surface area (Å²) in [6.45, 7) is 1.02. The summed E-state index contributed by atoms with van der Waals surface area (Å²) in [5, 5.41) is 11.1. The Bertz CT molecular complexity index is 1750. The van der Waals surface area contributed by atoms with Crippen molar-refractivity contribution in [1.82, 2.24) is 0 Å². The number of aryl methyl sites for hydroxylation is 1. The maximum absolute atomic E-state index is 13.3. The second-order valence-electron chi connectivity index (χ2n) is 10.3.